The van der Waals surface area contributed by atoms with Gasteiger partial charge in [-0.3, -0.25) is 9.52 Å². The van der Waals surface area contributed by atoms with Crippen LogP contribution in [0.3, 0.4) is 0 Å². The van der Waals surface area contributed by atoms with Gasteiger partial charge < -0.3 is 10.1 Å². The van der Waals surface area contributed by atoms with Crippen LogP contribution in [-0.2, 0) is 16.4 Å². The molecule has 0 aliphatic heterocycles. The maximum atomic E-state index is 12.6. The average molecular weight is 425 g/mol. The van der Waals surface area contributed by atoms with Gasteiger partial charge >= 0.3 is 0 Å². The van der Waals surface area contributed by atoms with E-state index in [4.69, 9.17) is 4.74 Å². The van der Waals surface area contributed by atoms with E-state index in [1.807, 2.05) is 18.2 Å². The Labute approximate surface area is 177 Å². The Morgan fingerprint density at radius 3 is 2.23 bits per heavy atom. The molecule has 0 radical (unpaired) electrons. The van der Waals surface area contributed by atoms with E-state index in [9.17, 15) is 13.2 Å². The minimum atomic E-state index is -3.70. The fourth-order valence-electron chi connectivity index (χ4n) is 2.97. The summed E-state index contributed by atoms with van der Waals surface area (Å²) in [4.78, 5) is 12.7. The summed E-state index contributed by atoms with van der Waals surface area (Å²) in [6, 6.07) is 20.2. The molecule has 7 heteroatoms. The van der Waals surface area contributed by atoms with Crippen LogP contribution >= 0.6 is 0 Å². The lowest BCUT2D eigenvalue weighted by molar-refractivity contribution is 0.102. The van der Waals surface area contributed by atoms with Gasteiger partial charge in [0.25, 0.3) is 15.9 Å². The van der Waals surface area contributed by atoms with E-state index in [1.165, 1.54) is 7.11 Å². The van der Waals surface area contributed by atoms with Crippen molar-refractivity contribution in [2.45, 2.75) is 24.7 Å². The first-order valence-corrected chi connectivity index (χ1v) is 11.1. The largest absolute Gasteiger partial charge is 0.495 e. The van der Waals surface area contributed by atoms with Gasteiger partial charge in [0.15, 0.2) is 0 Å². The molecule has 156 valence electrons. The molecule has 6 nitrogen and oxygen atoms in total. The topological polar surface area (TPSA) is 84.5 Å². The molecule has 0 saturated heterocycles. The summed E-state index contributed by atoms with van der Waals surface area (Å²) < 4.78 is 33.0. The number of rotatable bonds is 8. The van der Waals surface area contributed by atoms with E-state index in [2.05, 4.69) is 17.0 Å². The van der Waals surface area contributed by atoms with Crippen molar-refractivity contribution in [1.82, 2.24) is 0 Å². The van der Waals surface area contributed by atoms with Crippen LogP contribution in [0.25, 0.3) is 0 Å². The van der Waals surface area contributed by atoms with Crippen molar-refractivity contribution in [2.24, 2.45) is 0 Å². The number of benzene rings is 3. The second-order valence-electron chi connectivity index (χ2n) is 6.73. The van der Waals surface area contributed by atoms with E-state index in [-0.39, 0.29) is 10.8 Å². The highest BCUT2D eigenvalue weighted by Gasteiger charge is 2.15. The van der Waals surface area contributed by atoms with Crippen molar-refractivity contribution in [2.75, 3.05) is 17.1 Å². The molecule has 3 rings (SSSR count). The van der Waals surface area contributed by atoms with Crippen LogP contribution in [0.2, 0.25) is 0 Å². The molecule has 0 spiro atoms. The molecule has 0 aliphatic rings. The second kappa shape index (κ2) is 9.45. The zero-order chi connectivity index (χ0) is 21.6. The van der Waals surface area contributed by atoms with Gasteiger partial charge in [-0.2, -0.15) is 0 Å². The van der Waals surface area contributed by atoms with Gasteiger partial charge in [0.2, 0.25) is 0 Å². The third-order valence-electron chi connectivity index (χ3n) is 4.53. The van der Waals surface area contributed by atoms with Gasteiger partial charge in [-0.05, 0) is 60.5 Å². The molecule has 2 N–H and O–H groups in total. The summed E-state index contributed by atoms with van der Waals surface area (Å²) in [7, 11) is -2.17. The summed E-state index contributed by atoms with van der Waals surface area (Å²) in [6.45, 7) is 2.08. The number of hydrogen-bond donors (Lipinski definition) is 2. The monoisotopic (exact) mass is 424 g/mol. The van der Waals surface area contributed by atoms with Crippen LogP contribution < -0.4 is 14.8 Å². The summed E-state index contributed by atoms with van der Waals surface area (Å²) in [5, 5.41) is 2.78. The van der Waals surface area contributed by atoms with E-state index in [1.54, 1.807) is 54.6 Å². The fourth-order valence-corrected chi connectivity index (χ4v) is 4.03. The lowest BCUT2D eigenvalue weighted by atomic mass is 10.1. The number of ether oxygens (including phenoxy) is 1. The number of hydrogen-bond acceptors (Lipinski definition) is 4. The van der Waals surface area contributed by atoms with Crippen molar-refractivity contribution >= 4 is 27.3 Å². The van der Waals surface area contributed by atoms with Crippen molar-refractivity contribution in [3.63, 3.8) is 0 Å². The third kappa shape index (κ3) is 5.18. The molecule has 0 atom stereocenters. The highest BCUT2D eigenvalue weighted by Crippen LogP contribution is 2.24. The Bertz CT molecular complexity index is 1110. The molecule has 0 unspecified atom stereocenters. The van der Waals surface area contributed by atoms with Crippen molar-refractivity contribution < 1.29 is 17.9 Å². The molecule has 0 saturated carbocycles. The van der Waals surface area contributed by atoms with Gasteiger partial charge in [0.1, 0.15) is 5.75 Å². The SMILES string of the molecule is CCCc1ccc(S(=O)(=O)Nc2ccc(C(=O)Nc3ccccc3OC)cc2)cc1. The second-order valence-corrected chi connectivity index (χ2v) is 8.41. The number of sulfonamides is 1. The normalized spacial score (nSPS) is 11.0. The van der Waals surface area contributed by atoms with E-state index in [0.29, 0.717) is 22.7 Å². The lowest BCUT2D eigenvalue weighted by Crippen LogP contribution is -2.14. The Morgan fingerprint density at radius 2 is 1.60 bits per heavy atom. The smallest absolute Gasteiger partial charge is 0.261 e. The predicted molar refractivity (Wildman–Crippen MR) is 119 cm³/mol. The quantitative estimate of drug-likeness (QED) is 0.549. The van der Waals surface area contributed by atoms with Crippen LogP contribution in [0, 0.1) is 0 Å². The van der Waals surface area contributed by atoms with Crippen LogP contribution in [0.5, 0.6) is 5.75 Å². The number of para-hydroxylation sites is 2. The Balaban J connectivity index is 1.69. The maximum Gasteiger partial charge on any atom is 0.261 e. The van der Waals surface area contributed by atoms with Crippen molar-refractivity contribution in [3.8, 4) is 5.75 Å². The Kier molecular flexibility index (Phi) is 6.74. The van der Waals surface area contributed by atoms with Crippen LogP contribution in [0.1, 0.15) is 29.3 Å². The number of aryl methyl sites for hydroxylation is 1. The summed E-state index contributed by atoms with van der Waals surface area (Å²) >= 11 is 0. The number of methoxy groups -OCH3 is 1. The highest BCUT2D eigenvalue weighted by atomic mass is 32.2. The molecule has 3 aromatic carbocycles. The third-order valence-corrected chi connectivity index (χ3v) is 5.92. The van der Waals surface area contributed by atoms with E-state index in [0.717, 1.165) is 18.4 Å². The fraction of sp³-hybridized carbons (Fsp3) is 0.174. The first-order valence-electron chi connectivity index (χ1n) is 9.59. The average Bonchev–Trinajstić information content (AvgIpc) is 2.75. The molecule has 0 bridgehead atoms. The first-order chi connectivity index (χ1) is 14.4. The van der Waals surface area contributed by atoms with Gasteiger partial charge in [-0.25, -0.2) is 8.42 Å². The van der Waals surface area contributed by atoms with Crippen molar-refractivity contribution in [1.29, 1.82) is 0 Å². The van der Waals surface area contributed by atoms with Gasteiger partial charge in [0, 0.05) is 11.3 Å². The van der Waals surface area contributed by atoms with Gasteiger partial charge in [0.05, 0.1) is 17.7 Å². The Hall–Kier alpha value is -3.32. The maximum absolute atomic E-state index is 12.6. The highest BCUT2D eigenvalue weighted by molar-refractivity contribution is 7.92. The molecule has 3 aromatic rings. The van der Waals surface area contributed by atoms with E-state index >= 15 is 0 Å². The summed E-state index contributed by atoms with van der Waals surface area (Å²) in [5.74, 6) is 0.237. The van der Waals surface area contributed by atoms with Crippen LogP contribution in [0.4, 0.5) is 11.4 Å². The zero-order valence-corrected chi connectivity index (χ0v) is 17.7. The first kappa shape index (κ1) is 21.4. The van der Waals surface area contributed by atoms with Crippen LogP contribution in [0.15, 0.2) is 77.7 Å². The molecule has 0 aromatic heterocycles. The molecule has 0 fully saturated rings. The molecular formula is C23H24N2O4S. The minimum absolute atomic E-state index is 0.195. The number of nitrogens with one attached hydrogen (secondary N) is 2. The molecule has 30 heavy (non-hydrogen) atoms. The van der Waals surface area contributed by atoms with Crippen molar-refractivity contribution in [3.05, 3.63) is 83.9 Å². The number of amides is 1. The van der Waals surface area contributed by atoms with Gasteiger partial charge in [-0.15, -0.1) is 0 Å². The van der Waals surface area contributed by atoms with Crippen LogP contribution in [-0.4, -0.2) is 21.4 Å². The standard InChI is InChI=1S/C23H24N2O4S/c1-3-6-17-9-15-20(16-10-17)30(27,28)25-19-13-11-18(12-14-19)23(26)24-21-7-4-5-8-22(21)29-2/h4-5,7-16,25H,3,6H2,1-2H3,(H,24,26). The summed E-state index contributed by atoms with van der Waals surface area (Å²) in [5.41, 5.74) is 2.43. The molecule has 0 heterocycles. The van der Waals surface area contributed by atoms with Gasteiger partial charge in [-0.1, -0.05) is 37.6 Å². The number of carbonyl (C=O) groups is 1. The minimum Gasteiger partial charge on any atom is -0.495 e. The van der Waals surface area contributed by atoms with E-state index < -0.39 is 10.0 Å². The Morgan fingerprint density at radius 1 is 0.933 bits per heavy atom. The summed E-state index contributed by atoms with van der Waals surface area (Å²) in [6.07, 6.45) is 1.91. The zero-order valence-electron chi connectivity index (χ0n) is 16.9. The number of carbonyl (C=O) groups excluding carboxylic acids is 1. The molecule has 1 amide bonds. The predicted octanol–water partition coefficient (Wildman–Crippen LogP) is 4.70. The molecule has 0 aliphatic carbocycles. The molecular weight excluding hydrogens is 400 g/mol. The lowest BCUT2D eigenvalue weighted by Gasteiger charge is -2.11. The number of anilines is 2.